The Labute approximate surface area is 122 Å². The first-order chi connectivity index (χ1) is 9.47. The summed E-state index contributed by atoms with van der Waals surface area (Å²) in [5.41, 5.74) is 6.84. The molecule has 2 rings (SSSR count). The zero-order valence-corrected chi connectivity index (χ0v) is 12.8. The van der Waals surface area contributed by atoms with E-state index in [2.05, 4.69) is 14.9 Å². The second-order valence-corrected chi connectivity index (χ2v) is 6.66. The van der Waals surface area contributed by atoms with Crippen LogP contribution in [0, 0.1) is 6.92 Å². The molecule has 0 atom stereocenters. The van der Waals surface area contributed by atoms with Gasteiger partial charge in [-0.1, -0.05) is 6.07 Å². The van der Waals surface area contributed by atoms with Gasteiger partial charge in [-0.15, -0.1) is 11.8 Å². The van der Waals surface area contributed by atoms with Crippen molar-refractivity contribution in [3.05, 3.63) is 35.7 Å². The van der Waals surface area contributed by atoms with Crippen LogP contribution in [0.4, 0.5) is 5.69 Å². The molecule has 20 heavy (non-hydrogen) atoms. The molecule has 1 aromatic heterocycles. The molecule has 2 aromatic rings. The van der Waals surface area contributed by atoms with Crippen LogP contribution in [-0.2, 0) is 16.6 Å². The van der Waals surface area contributed by atoms with Crippen LogP contribution in [0.15, 0.2) is 34.1 Å². The molecule has 0 radical (unpaired) electrons. The number of aryl methyl sites for hydroxylation is 1. The summed E-state index contributed by atoms with van der Waals surface area (Å²) in [6, 6.07) is 7.20. The molecule has 6 nitrogen and oxygen atoms in total. The van der Waals surface area contributed by atoms with Gasteiger partial charge in [-0.2, -0.15) is 5.10 Å². The van der Waals surface area contributed by atoms with E-state index in [0.29, 0.717) is 17.1 Å². The summed E-state index contributed by atoms with van der Waals surface area (Å²) in [4.78, 5) is 1.10. The van der Waals surface area contributed by atoms with E-state index in [9.17, 15) is 8.42 Å². The third-order valence-corrected chi connectivity index (χ3v) is 5.05. The number of hydrogen-bond donors (Lipinski definition) is 3. The number of aromatic nitrogens is 2. The highest BCUT2D eigenvalue weighted by molar-refractivity contribution is 7.98. The Bertz CT molecular complexity index is 710. The first-order valence-corrected chi connectivity index (χ1v) is 8.59. The summed E-state index contributed by atoms with van der Waals surface area (Å²) in [6.45, 7) is 1.71. The molecule has 108 valence electrons. The minimum Gasteiger partial charge on any atom is -0.325 e. The second-order valence-electron chi connectivity index (χ2n) is 4.17. The van der Waals surface area contributed by atoms with E-state index in [1.807, 2.05) is 12.3 Å². The van der Waals surface area contributed by atoms with Crippen molar-refractivity contribution in [1.29, 1.82) is 0 Å². The number of hydrogen-bond acceptors (Lipinski definition) is 5. The largest absolute Gasteiger partial charge is 0.325 e. The van der Waals surface area contributed by atoms with Gasteiger partial charge in [0.1, 0.15) is 4.90 Å². The van der Waals surface area contributed by atoms with Crippen LogP contribution in [0.1, 0.15) is 11.4 Å². The summed E-state index contributed by atoms with van der Waals surface area (Å²) in [7, 11) is -3.70. The molecule has 0 saturated carbocycles. The molecule has 0 aliphatic carbocycles. The zero-order valence-electron chi connectivity index (χ0n) is 11.2. The number of benzene rings is 1. The molecular weight excluding hydrogens is 296 g/mol. The number of rotatable bonds is 5. The highest BCUT2D eigenvalue weighted by atomic mass is 32.2. The lowest BCUT2D eigenvalue weighted by Gasteiger charge is -2.09. The first-order valence-electron chi connectivity index (χ1n) is 5.88. The zero-order chi connectivity index (χ0) is 14.8. The molecule has 0 amide bonds. The number of nitrogens with one attached hydrogen (secondary N) is 2. The van der Waals surface area contributed by atoms with Gasteiger partial charge in [-0.3, -0.25) is 9.82 Å². The number of thioether (sulfide) groups is 1. The number of anilines is 1. The highest BCUT2D eigenvalue weighted by Crippen LogP contribution is 2.24. The smallest absolute Gasteiger partial charge is 0.265 e. The number of aromatic amines is 1. The van der Waals surface area contributed by atoms with E-state index in [-0.39, 0.29) is 11.4 Å². The third-order valence-electron chi connectivity index (χ3n) is 2.75. The lowest BCUT2D eigenvalue weighted by Crippen LogP contribution is -2.16. The molecule has 0 aliphatic rings. The van der Waals surface area contributed by atoms with Crippen molar-refractivity contribution in [2.45, 2.75) is 23.3 Å². The van der Waals surface area contributed by atoms with Gasteiger partial charge in [0.15, 0.2) is 0 Å². The van der Waals surface area contributed by atoms with Crippen molar-refractivity contribution in [2.75, 3.05) is 11.0 Å². The average molecular weight is 312 g/mol. The van der Waals surface area contributed by atoms with Gasteiger partial charge >= 0.3 is 0 Å². The number of sulfonamides is 1. The van der Waals surface area contributed by atoms with Gasteiger partial charge in [-0.25, -0.2) is 8.42 Å². The molecule has 8 heteroatoms. The van der Waals surface area contributed by atoms with Crippen molar-refractivity contribution in [3.63, 3.8) is 0 Å². The molecule has 0 saturated heterocycles. The lowest BCUT2D eigenvalue weighted by atomic mass is 10.3. The maximum atomic E-state index is 12.4. The van der Waals surface area contributed by atoms with E-state index < -0.39 is 10.0 Å². The molecule has 0 fully saturated rings. The molecule has 1 heterocycles. The van der Waals surface area contributed by atoms with Crippen molar-refractivity contribution in [1.82, 2.24) is 10.2 Å². The number of H-pyrrole nitrogens is 1. The van der Waals surface area contributed by atoms with E-state index in [1.165, 1.54) is 0 Å². The SMILES string of the molecule is CSc1cccc(NS(=O)(=O)c2c(CN)n[nH]c2C)c1. The Morgan fingerprint density at radius 1 is 1.45 bits per heavy atom. The van der Waals surface area contributed by atoms with Crippen molar-refractivity contribution in [3.8, 4) is 0 Å². The quantitative estimate of drug-likeness (QED) is 0.730. The first kappa shape index (κ1) is 14.9. The molecule has 1 aromatic carbocycles. The van der Waals surface area contributed by atoms with Crippen molar-refractivity contribution >= 4 is 27.5 Å². The van der Waals surface area contributed by atoms with Gasteiger partial charge in [0.25, 0.3) is 10.0 Å². The maximum absolute atomic E-state index is 12.4. The summed E-state index contributed by atoms with van der Waals surface area (Å²) < 4.78 is 27.4. The van der Waals surface area contributed by atoms with Crippen molar-refractivity contribution < 1.29 is 8.42 Å². The average Bonchev–Trinajstić information content (AvgIpc) is 2.80. The third kappa shape index (κ3) is 2.97. The van der Waals surface area contributed by atoms with E-state index in [0.717, 1.165) is 4.90 Å². The maximum Gasteiger partial charge on any atom is 0.265 e. The Kier molecular flexibility index (Phi) is 4.36. The molecule has 0 aliphatic heterocycles. The van der Waals surface area contributed by atoms with Gasteiger partial charge in [0.05, 0.1) is 11.4 Å². The van der Waals surface area contributed by atoms with Gasteiger partial charge < -0.3 is 5.73 Å². The second kappa shape index (κ2) is 5.86. The van der Waals surface area contributed by atoms with Gasteiger partial charge in [0.2, 0.25) is 0 Å². The van der Waals surface area contributed by atoms with Crippen LogP contribution in [0.25, 0.3) is 0 Å². The Morgan fingerprint density at radius 3 is 2.85 bits per heavy atom. The summed E-state index contributed by atoms with van der Waals surface area (Å²) in [6.07, 6.45) is 1.93. The highest BCUT2D eigenvalue weighted by Gasteiger charge is 2.23. The van der Waals surface area contributed by atoms with E-state index >= 15 is 0 Å². The standard InChI is InChI=1S/C12H16N4O2S2/c1-8-12(11(7-13)15-14-8)20(17,18)16-9-4-3-5-10(6-9)19-2/h3-6,16H,7,13H2,1-2H3,(H,14,15). The summed E-state index contributed by atoms with van der Waals surface area (Å²) >= 11 is 1.54. The summed E-state index contributed by atoms with van der Waals surface area (Å²) in [5, 5.41) is 6.55. The van der Waals surface area contributed by atoms with E-state index in [1.54, 1.807) is 36.9 Å². The van der Waals surface area contributed by atoms with Crippen LogP contribution < -0.4 is 10.5 Å². The van der Waals surface area contributed by atoms with Crippen LogP contribution in [0.3, 0.4) is 0 Å². The van der Waals surface area contributed by atoms with Crippen LogP contribution >= 0.6 is 11.8 Å². The summed E-state index contributed by atoms with van der Waals surface area (Å²) in [5.74, 6) is 0. The van der Waals surface area contributed by atoms with Crippen LogP contribution in [0.2, 0.25) is 0 Å². The van der Waals surface area contributed by atoms with Gasteiger partial charge in [-0.05, 0) is 31.4 Å². The predicted molar refractivity (Wildman–Crippen MR) is 80.2 cm³/mol. The van der Waals surface area contributed by atoms with Crippen molar-refractivity contribution in [2.24, 2.45) is 5.73 Å². The number of nitrogens with two attached hydrogens (primary N) is 1. The van der Waals surface area contributed by atoms with Gasteiger partial charge in [0, 0.05) is 17.1 Å². The molecular formula is C12H16N4O2S2. The fraction of sp³-hybridized carbons (Fsp3) is 0.250. The van der Waals surface area contributed by atoms with E-state index in [4.69, 9.17) is 5.73 Å². The normalized spacial score (nSPS) is 11.6. The lowest BCUT2D eigenvalue weighted by molar-refractivity contribution is 0.599. The Hall–Kier alpha value is -1.51. The Balaban J connectivity index is 2.38. The molecule has 0 unspecified atom stereocenters. The minimum atomic E-state index is -3.70. The van der Waals surface area contributed by atoms with Crippen LogP contribution in [-0.4, -0.2) is 24.9 Å². The number of nitrogens with zero attached hydrogens (tertiary/aromatic N) is 1. The Morgan fingerprint density at radius 2 is 2.20 bits per heavy atom. The monoisotopic (exact) mass is 312 g/mol. The fourth-order valence-electron chi connectivity index (χ4n) is 1.86. The fourth-order valence-corrected chi connectivity index (χ4v) is 3.74. The molecule has 0 spiro atoms. The topological polar surface area (TPSA) is 101 Å². The molecule has 0 bridgehead atoms. The predicted octanol–water partition coefficient (Wildman–Crippen LogP) is 1.70. The van der Waals surface area contributed by atoms with Crippen LogP contribution in [0.5, 0.6) is 0 Å². The minimum absolute atomic E-state index is 0.0609. The molecule has 4 N–H and O–H groups in total.